The average molecular weight is 284 g/mol. The number of anilines is 1. The van der Waals surface area contributed by atoms with Crippen molar-refractivity contribution in [2.24, 2.45) is 5.73 Å². The van der Waals surface area contributed by atoms with Crippen LogP contribution in [0.2, 0.25) is 5.02 Å². The van der Waals surface area contributed by atoms with Crippen LogP contribution in [0.1, 0.15) is 36.0 Å². The summed E-state index contributed by atoms with van der Waals surface area (Å²) in [5.74, 6) is 0.0616. The van der Waals surface area contributed by atoms with Gasteiger partial charge in [-0.05, 0) is 31.7 Å². The number of nitrogens with one attached hydrogen (secondary N) is 1. The van der Waals surface area contributed by atoms with Crippen molar-refractivity contribution in [1.29, 1.82) is 0 Å². The largest absolute Gasteiger partial charge is 0.381 e. The van der Waals surface area contributed by atoms with Crippen molar-refractivity contribution in [2.45, 2.75) is 37.8 Å². The molecule has 0 saturated heterocycles. The minimum atomic E-state index is -0.530. The lowest BCUT2D eigenvalue weighted by Gasteiger charge is -2.29. The van der Waals surface area contributed by atoms with Gasteiger partial charge in [0.15, 0.2) is 0 Å². The molecule has 3 N–H and O–H groups in total. The molecule has 0 spiro atoms. The molecule has 1 aromatic heterocycles. The maximum absolute atomic E-state index is 11.0. The van der Waals surface area contributed by atoms with Crippen LogP contribution < -0.4 is 11.1 Å². The predicted molar refractivity (Wildman–Crippen MR) is 74.4 cm³/mol. The molecule has 1 heterocycles. The zero-order chi connectivity index (χ0) is 13.8. The molecular weight excluding hydrogens is 266 g/mol. The highest BCUT2D eigenvalue weighted by Gasteiger charge is 2.22. The smallest absolute Gasteiger partial charge is 0.250 e. The molecule has 0 aromatic carbocycles. The van der Waals surface area contributed by atoms with Gasteiger partial charge in [-0.25, -0.2) is 4.98 Å². The van der Waals surface area contributed by atoms with E-state index in [1.54, 1.807) is 7.11 Å². The van der Waals surface area contributed by atoms with E-state index < -0.39 is 5.91 Å². The number of carbonyl (C=O) groups is 1. The lowest BCUT2D eigenvalue weighted by Crippen LogP contribution is -2.31. The van der Waals surface area contributed by atoms with E-state index in [1.165, 1.54) is 12.3 Å². The van der Waals surface area contributed by atoms with E-state index in [9.17, 15) is 4.79 Å². The number of primary amides is 1. The van der Waals surface area contributed by atoms with Crippen molar-refractivity contribution >= 4 is 23.3 Å². The molecule has 2 rings (SSSR count). The van der Waals surface area contributed by atoms with Gasteiger partial charge in [0.25, 0.3) is 0 Å². The number of hydrogen-bond donors (Lipinski definition) is 2. The number of nitrogens with two attached hydrogens (primary N) is 1. The number of halogens is 1. The Kier molecular flexibility index (Phi) is 4.61. The highest BCUT2D eigenvalue weighted by atomic mass is 35.5. The standard InChI is InChI=1S/C13H18ClN3O2/c1-19-10-4-2-3-9(6-10)17-13-11(14)5-8(7-16-13)12(15)18/h5,7,9-10H,2-4,6H2,1H3,(H2,15,18)(H,16,17). The van der Waals surface area contributed by atoms with Gasteiger partial charge in [-0.2, -0.15) is 0 Å². The summed E-state index contributed by atoms with van der Waals surface area (Å²) >= 11 is 6.10. The van der Waals surface area contributed by atoms with E-state index in [0.29, 0.717) is 22.4 Å². The second kappa shape index (κ2) is 6.21. The highest BCUT2D eigenvalue weighted by molar-refractivity contribution is 6.33. The summed E-state index contributed by atoms with van der Waals surface area (Å²) < 4.78 is 5.39. The fourth-order valence-corrected chi connectivity index (χ4v) is 2.58. The second-order valence-electron chi connectivity index (χ2n) is 4.78. The van der Waals surface area contributed by atoms with E-state index in [1.807, 2.05) is 0 Å². The van der Waals surface area contributed by atoms with Gasteiger partial charge in [-0.1, -0.05) is 11.6 Å². The van der Waals surface area contributed by atoms with Gasteiger partial charge in [0.2, 0.25) is 5.91 Å². The Bertz CT molecular complexity index is 467. The van der Waals surface area contributed by atoms with Gasteiger partial charge in [-0.15, -0.1) is 0 Å². The van der Waals surface area contributed by atoms with Crippen LogP contribution in [-0.2, 0) is 4.74 Å². The first kappa shape index (κ1) is 14.1. The van der Waals surface area contributed by atoms with Crippen LogP contribution in [0.25, 0.3) is 0 Å². The third-order valence-corrected chi connectivity index (χ3v) is 3.71. The van der Waals surface area contributed by atoms with Crippen LogP contribution in [0.3, 0.4) is 0 Å². The monoisotopic (exact) mass is 283 g/mol. The Balaban J connectivity index is 2.04. The number of hydrogen-bond acceptors (Lipinski definition) is 4. The SMILES string of the molecule is COC1CCCC(Nc2ncc(C(N)=O)cc2Cl)C1. The molecule has 1 aliphatic rings. The maximum atomic E-state index is 11.0. The predicted octanol–water partition coefficient (Wildman–Crippen LogP) is 2.20. The second-order valence-corrected chi connectivity index (χ2v) is 5.19. The molecule has 1 aliphatic carbocycles. The van der Waals surface area contributed by atoms with E-state index in [2.05, 4.69) is 10.3 Å². The van der Waals surface area contributed by atoms with Crippen LogP contribution in [0.15, 0.2) is 12.3 Å². The first-order chi connectivity index (χ1) is 9.10. The first-order valence-corrected chi connectivity index (χ1v) is 6.72. The Labute approximate surface area is 117 Å². The van der Waals surface area contributed by atoms with Gasteiger partial charge in [-0.3, -0.25) is 4.79 Å². The Morgan fingerprint density at radius 1 is 1.58 bits per heavy atom. The van der Waals surface area contributed by atoms with Gasteiger partial charge in [0, 0.05) is 19.3 Å². The number of pyridine rings is 1. The molecule has 0 radical (unpaired) electrons. The third kappa shape index (κ3) is 3.58. The Morgan fingerprint density at radius 2 is 2.37 bits per heavy atom. The summed E-state index contributed by atoms with van der Waals surface area (Å²) in [6.45, 7) is 0. The molecular formula is C13H18ClN3O2. The number of methoxy groups -OCH3 is 1. The molecule has 1 amide bonds. The van der Waals surface area contributed by atoms with Crippen molar-refractivity contribution in [3.8, 4) is 0 Å². The van der Waals surface area contributed by atoms with Crippen LogP contribution in [-0.4, -0.2) is 30.1 Å². The lowest BCUT2D eigenvalue weighted by atomic mass is 9.93. The number of nitrogens with zero attached hydrogens (tertiary/aromatic N) is 1. The molecule has 5 nitrogen and oxygen atoms in total. The van der Waals surface area contributed by atoms with Crippen molar-refractivity contribution in [3.05, 3.63) is 22.8 Å². The number of amides is 1. The summed E-state index contributed by atoms with van der Waals surface area (Å²) in [4.78, 5) is 15.2. The van der Waals surface area contributed by atoms with Crippen molar-refractivity contribution in [2.75, 3.05) is 12.4 Å². The molecule has 6 heteroatoms. The maximum Gasteiger partial charge on any atom is 0.250 e. The van der Waals surface area contributed by atoms with E-state index >= 15 is 0 Å². The zero-order valence-corrected chi connectivity index (χ0v) is 11.6. The molecule has 1 aromatic rings. The van der Waals surface area contributed by atoms with Crippen molar-refractivity contribution < 1.29 is 9.53 Å². The molecule has 19 heavy (non-hydrogen) atoms. The summed E-state index contributed by atoms with van der Waals surface area (Å²) in [7, 11) is 1.74. The van der Waals surface area contributed by atoms with Crippen LogP contribution in [0.5, 0.6) is 0 Å². The topological polar surface area (TPSA) is 77.2 Å². The molecule has 104 valence electrons. The van der Waals surface area contributed by atoms with Gasteiger partial charge in [0.05, 0.1) is 16.7 Å². The normalized spacial score (nSPS) is 23.1. The average Bonchev–Trinajstić information content (AvgIpc) is 2.41. The van der Waals surface area contributed by atoms with Crippen LogP contribution in [0.4, 0.5) is 5.82 Å². The molecule has 0 bridgehead atoms. The van der Waals surface area contributed by atoms with E-state index in [0.717, 1.165) is 25.7 Å². The summed E-state index contributed by atoms with van der Waals surface area (Å²) in [6, 6.07) is 1.83. The first-order valence-electron chi connectivity index (χ1n) is 6.35. The number of carbonyl (C=O) groups excluding carboxylic acids is 1. The molecule has 0 aliphatic heterocycles. The fourth-order valence-electron chi connectivity index (χ4n) is 2.36. The van der Waals surface area contributed by atoms with Crippen molar-refractivity contribution in [1.82, 2.24) is 4.98 Å². The van der Waals surface area contributed by atoms with Crippen LogP contribution in [0, 0.1) is 0 Å². The van der Waals surface area contributed by atoms with Crippen molar-refractivity contribution in [3.63, 3.8) is 0 Å². The van der Waals surface area contributed by atoms with E-state index in [-0.39, 0.29) is 6.10 Å². The molecule has 1 fully saturated rings. The number of aromatic nitrogens is 1. The Morgan fingerprint density at radius 3 is 3.00 bits per heavy atom. The van der Waals surface area contributed by atoms with Gasteiger partial charge in [0.1, 0.15) is 5.82 Å². The molecule has 2 unspecified atom stereocenters. The zero-order valence-electron chi connectivity index (χ0n) is 10.9. The summed E-state index contributed by atoms with van der Waals surface area (Å²) in [5, 5.41) is 3.72. The fraction of sp³-hybridized carbons (Fsp3) is 0.538. The van der Waals surface area contributed by atoms with Crippen LogP contribution >= 0.6 is 11.6 Å². The third-order valence-electron chi connectivity index (χ3n) is 3.43. The minimum absolute atomic E-state index is 0.287. The summed E-state index contributed by atoms with van der Waals surface area (Å²) in [5.41, 5.74) is 5.49. The number of rotatable bonds is 4. The summed E-state index contributed by atoms with van der Waals surface area (Å²) in [6.07, 6.45) is 5.94. The highest BCUT2D eigenvalue weighted by Crippen LogP contribution is 2.26. The van der Waals surface area contributed by atoms with E-state index in [4.69, 9.17) is 22.1 Å². The van der Waals surface area contributed by atoms with Gasteiger partial charge >= 0.3 is 0 Å². The number of ether oxygens (including phenoxy) is 1. The quantitative estimate of drug-likeness (QED) is 0.888. The molecule has 1 saturated carbocycles. The lowest BCUT2D eigenvalue weighted by molar-refractivity contribution is 0.0669. The minimum Gasteiger partial charge on any atom is -0.381 e. The Hall–Kier alpha value is -1.33. The van der Waals surface area contributed by atoms with Gasteiger partial charge < -0.3 is 15.8 Å². The molecule has 2 atom stereocenters.